The van der Waals surface area contributed by atoms with E-state index in [1.165, 1.54) is 41.2 Å². The van der Waals surface area contributed by atoms with E-state index in [0.29, 0.717) is 21.1 Å². The molecule has 0 aliphatic heterocycles. The van der Waals surface area contributed by atoms with Gasteiger partial charge in [-0.05, 0) is 69.2 Å². The van der Waals surface area contributed by atoms with E-state index < -0.39 is 72.7 Å². The molecule has 1 aromatic carbocycles. The number of fused-ring (bicyclic) bond motifs is 1. The van der Waals surface area contributed by atoms with Gasteiger partial charge in [-0.25, -0.2) is 18.7 Å². The number of carbonyl (C=O) groups is 2. The molecule has 0 radical (unpaired) electrons. The largest absolute Gasteiger partial charge is 0.471 e. The van der Waals surface area contributed by atoms with E-state index in [1.54, 1.807) is 13.8 Å². The second-order valence-electron chi connectivity index (χ2n) is 12.2. The second-order valence-corrected chi connectivity index (χ2v) is 13.4. The number of hydrogen-bond acceptors (Lipinski definition) is 8. The molecule has 19 heteroatoms. The minimum absolute atomic E-state index is 0.00984. The highest BCUT2D eigenvalue weighted by Crippen LogP contribution is 2.38. The van der Waals surface area contributed by atoms with Gasteiger partial charge in [0.15, 0.2) is 12.3 Å². The number of nitrogens with zero attached hydrogens (tertiary/aromatic N) is 4. The fraction of sp³-hybridized carbons (Fsp3) is 0.469. The number of carbonyl (C=O) groups excluding carboxylic acids is 2. The lowest BCUT2D eigenvalue weighted by molar-refractivity contribution is -0.146. The van der Waals surface area contributed by atoms with Crippen molar-refractivity contribution >= 4 is 46.0 Å². The molecule has 51 heavy (non-hydrogen) atoms. The molecular formula is C32H33F8N7O3S. The Labute approximate surface area is 290 Å². The van der Waals surface area contributed by atoms with Crippen LogP contribution in [0.15, 0.2) is 24.3 Å². The van der Waals surface area contributed by atoms with Crippen LogP contribution in [0, 0.1) is 19.8 Å². The number of alkyl halides is 8. The molecule has 3 N–H and O–H groups in total. The van der Waals surface area contributed by atoms with Crippen LogP contribution in [0.3, 0.4) is 0 Å². The van der Waals surface area contributed by atoms with E-state index in [9.17, 15) is 44.7 Å². The number of aromatic nitrogens is 4. The van der Waals surface area contributed by atoms with Crippen LogP contribution >= 0.6 is 11.3 Å². The summed E-state index contributed by atoms with van der Waals surface area (Å²) in [5.41, 5.74) is -0.901. The average molecular weight is 748 g/mol. The van der Waals surface area contributed by atoms with E-state index in [0.717, 1.165) is 6.07 Å². The molecule has 5 rings (SSSR count). The van der Waals surface area contributed by atoms with Crippen LogP contribution in [0.5, 0.6) is 5.88 Å². The summed E-state index contributed by atoms with van der Waals surface area (Å²) in [4.78, 5) is 39.1. The molecule has 1 fully saturated rings. The fourth-order valence-corrected chi connectivity index (χ4v) is 6.74. The van der Waals surface area contributed by atoms with Crippen molar-refractivity contribution in [3.05, 3.63) is 56.5 Å². The molecule has 276 valence electrons. The Morgan fingerprint density at radius 3 is 2.31 bits per heavy atom. The van der Waals surface area contributed by atoms with Crippen molar-refractivity contribution in [3.63, 3.8) is 0 Å². The highest BCUT2D eigenvalue weighted by Gasteiger charge is 2.36. The molecule has 3 aromatic heterocycles. The van der Waals surface area contributed by atoms with Gasteiger partial charge in [0.1, 0.15) is 16.0 Å². The molecular weight excluding hydrogens is 714 g/mol. The van der Waals surface area contributed by atoms with Crippen molar-refractivity contribution in [1.82, 2.24) is 30.2 Å². The van der Waals surface area contributed by atoms with Crippen LogP contribution in [0.2, 0.25) is 0 Å². The Morgan fingerprint density at radius 2 is 1.71 bits per heavy atom. The molecule has 4 aromatic rings. The molecule has 10 nitrogen and oxygen atoms in total. The van der Waals surface area contributed by atoms with Gasteiger partial charge in [-0.3, -0.25) is 14.2 Å². The van der Waals surface area contributed by atoms with Crippen molar-refractivity contribution in [2.24, 2.45) is 13.0 Å². The summed E-state index contributed by atoms with van der Waals surface area (Å²) < 4.78 is 113. The van der Waals surface area contributed by atoms with Crippen LogP contribution in [-0.2, 0) is 19.8 Å². The fourth-order valence-electron chi connectivity index (χ4n) is 5.90. The molecule has 0 unspecified atom stereocenters. The average Bonchev–Trinajstić information content (AvgIpc) is 3.54. The van der Waals surface area contributed by atoms with Crippen LogP contribution in [-0.4, -0.2) is 56.6 Å². The Kier molecular flexibility index (Phi) is 11.1. The van der Waals surface area contributed by atoms with Crippen LogP contribution in [0.1, 0.15) is 74.0 Å². The van der Waals surface area contributed by atoms with Crippen molar-refractivity contribution in [3.8, 4) is 5.88 Å². The van der Waals surface area contributed by atoms with Gasteiger partial charge in [0.25, 0.3) is 18.2 Å². The Bertz CT molecular complexity index is 1900. The number of halogens is 8. The first-order chi connectivity index (χ1) is 23.9. The van der Waals surface area contributed by atoms with E-state index in [1.807, 2.05) is 0 Å². The molecule has 0 atom stereocenters. The van der Waals surface area contributed by atoms with Gasteiger partial charge in [0.2, 0.25) is 11.8 Å². The number of benzene rings is 1. The highest BCUT2D eigenvalue weighted by molar-refractivity contribution is 7.13. The van der Waals surface area contributed by atoms with Crippen LogP contribution in [0.25, 0.3) is 11.2 Å². The standard InChI is InChI=1S/C32H33F8N7O3S/c1-15-25(51-16(2)42-15)28(49)41-13-18-6-9-21(32(38,39)40)22(10-18)44-30-45-23-11-20(29(50-14-24(33)34)46-26(23)47(30)3)27(48)43-19-7-4-17(5-8-19)12-31(35,36)37/h6,9-11,17,19,24H,4-5,7-8,12-14H2,1-3H3,(H,41,49)(H,43,48)(H,44,45). The van der Waals surface area contributed by atoms with Gasteiger partial charge in [0.05, 0.1) is 22.0 Å². The van der Waals surface area contributed by atoms with E-state index in [2.05, 4.69) is 30.9 Å². The Balaban J connectivity index is 1.40. The predicted molar refractivity (Wildman–Crippen MR) is 171 cm³/mol. The monoisotopic (exact) mass is 747 g/mol. The third-order valence-corrected chi connectivity index (χ3v) is 9.37. The molecule has 0 saturated heterocycles. The maximum absolute atomic E-state index is 14.1. The molecule has 1 saturated carbocycles. The molecule has 1 aliphatic rings. The van der Waals surface area contributed by atoms with Gasteiger partial charge < -0.3 is 20.7 Å². The quantitative estimate of drug-likeness (QED) is 0.135. The van der Waals surface area contributed by atoms with Gasteiger partial charge in [-0.2, -0.15) is 31.3 Å². The van der Waals surface area contributed by atoms with Crippen LogP contribution < -0.4 is 20.7 Å². The zero-order chi connectivity index (χ0) is 37.2. The summed E-state index contributed by atoms with van der Waals surface area (Å²) in [5.74, 6) is -2.44. The SMILES string of the molecule is Cc1nc(C)c(C(=O)NCc2ccc(C(F)(F)F)c(Nc3nc4cc(C(=O)NC5CCC(CC(F)(F)F)CC5)c(OCC(F)F)nc4n3C)c2)s1. The number of nitrogens with one attached hydrogen (secondary N) is 3. The third kappa shape index (κ3) is 9.42. The summed E-state index contributed by atoms with van der Waals surface area (Å²) >= 11 is 1.18. The van der Waals surface area contributed by atoms with Crippen molar-refractivity contribution in [2.75, 3.05) is 11.9 Å². The molecule has 0 spiro atoms. The third-order valence-electron chi connectivity index (χ3n) is 8.30. The number of hydrogen-bond donors (Lipinski definition) is 3. The predicted octanol–water partition coefficient (Wildman–Crippen LogP) is 7.62. The molecule has 2 amide bonds. The van der Waals surface area contributed by atoms with Gasteiger partial charge in [-0.15, -0.1) is 11.3 Å². The summed E-state index contributed by atoms with van der Waals surface area (Å²) in [6.45, 7) is 2.18. The summed E-state index contributed by atoms with van der Waals surface area (Å²) in [5, 5.41) is 8.70. The van der Waals surface area contributed by atoms with Gasteiger partial charge >= 0.3 is 12.4 Å². The number of rotatable bonds is 11. The number of thiazole rings is 1. The first kappa shape index (κ1) is 37.7. The van der Waals surface area contributed by atoms with Crippen molar-refractivity contribution < 1.29 is 49.4 Å². The summed E-state index contributed by atoms with van der Waals surface area (Å²) in [7, 11) is 1.40. The number of amides is 2. The lowest BCUT2D eigenvalue weighted by Crippen LogP contribution is -2.38. The summed E-state index contributed by atoms with van der Waals surface area (Å²) in [6, 6.07) is 3.96. The van der Waals surface area contributed by atoms with Gasteiger partial charge in [0, 0.05) is 26.1 Å². The first-order valence-electron chi connectivity index (χ1n) is 15.7. The minimum atomic E-state index is -4.79. The first-order valence-corrected chi connectivity index (χ1v) is 16.5. The zero-order valence-corrected chi connectivity index (χ0v) is 28.3. The minimum Gasteiger partial charge on any atom is -0.471 e. The van der Waals surface area contributed by atoms with Crippen LogP contribution in [0.4, 0.5) is 46.8 Å². The smallest absolute Gasteiger partial charge is 0.418 e. The van der Waals surface area contributed by atoms with E-state index in [4.69, 9.17) is 4.74 Å². The number of imidazole rings is 1. The number of pyridine rings is 1. The highest BCUT2D eigenvalue weighted by atomic mass is 32.1. The normalized spacial score (nSPS) is 16.8. The van der Waals surface area contributed by atoms with Crippen molar-refractivity contribution in [2.45, 2.75) is 77.3 Å². The Hall–Kier alpha value is -4.55. The van der Waals surface area contributed by atoms with E-state index >= 15 is 0 Å². The maximum Gasteiger partial charge on any atom is 0.418 e. The maximum atomic E-state index is 14.1. The second kappa shape index (κ2) is 15.0. The zero-order valence-electron chi connectivity index (χ0n) is 27.4. The number of anilines is 2. The molecule has 1 aliphatic carbocycles. The topological polar surface area (TPSA) is 123 Å². The number of aryl methyl sites for hydroxylation is 3. The molecule has 0 bridgehead atoms. The van der Waals surface area contributed by atoms with E-state index in [-0.39, 0.29) is 54.9 Å². The lowest BCUT2D eigenvalue weighted by Gasteiger charge is -2.29. The number of ether oxygens (including phenoxy) is 1. The van der Waals surface area contributed by atoms with Crippen molar-refractivity contribution in [1.29, 1.82) is 0 Å². The van der Waals surface area contributed by atoms with Gasteiger partial charge in [-0.1, -0.05) is 6.07 Å². The summed E-state index contributed by atoms with van der Waals surface area (Å²) in [6.07, 6.45) is -12.0. The Morgan fingerprint density at radius 1 is 1.00 bits per heavy atom. The lowest BCUT2D eigenvalue weighted by atomic mass is 9.84. The molecule has 3 heterocycles.